The number of nitrogens with one attached hydrogen (secondary N) is 1. The van der Waals surface area contributed by atoms with Gasteiger partial charge in [0.05, 0.1) is 25.7 Å². The Morgan fingerprint density at radius 1 is 1.32 bits per heavy atom. The second-order valence-electron chi connectivity index (χ2n) is 7.91. The number of carbonyl (C=O) groups excluding carboxylic acids is 1. The van der Waals surface area contributed by atoms with E-state index in [0.29, 0.717) is 57.7 Å². The number of rotatable bonds is 7. The third kappa shape index (κ3) is 4.85. The first-order valence-corrected chi connectivity index (χ1v) is 11.3. The number of nitriles is 1. The van der Waals surface area contributed by atoms with Crippen molar-refractivity contribution in [1.82, 2.24) is 14.5 Å². The Morgan fingerprint density at radius 3 is 2.39 bits per heavy atom. The lowest BCUT2D eigenvalue weighted by Crippen LogP contribution is -2.56. The number of ether oxygens (including phenoxy) is 1. The molecule has 0 radical (unpaired) electrons. The van der Waals surface area contributed by atoms with Gasteiger partial charge in [0, 0.05) is 37.8 Å². The Labute approximate surface area is 168 Å². The Morgan fingerprint density at radius 2 is 1.89 bits per heavy atom. The van der Waals surface area contributed by atoms with Crippen molar-refractivity contribution in [2.75, 3.05) is 33.4 Å². The zero-order valence-electron chi connectivity index (χ0n) is 17.1. The van der Waals surface area contributed by atoms with Crippen LogP contribution in [0.1, 0.15) is 46.0 Å². The first-order valence-electron chi connectivity index (χ1n) is 9.77. The molecule has 1 heterocycles. The number of nitrogens with zero attached hydrogens (tertiary/aromatic N) is 3. The molecule has 1 aliphatic carbocycles. The van der Waals surface area contributed by atoms with E-state index in [2.05, 4.69) is 11.3 Å². The molecule has 0 aromatic carbocycles. The lowest BCUT2D eigenvalue weighted by molar-refractivity contribution is -0.140. The normalized spacial score (nSPS) is 25.4. The van der Waals surface area contributed by atoms with Crippen molar-refractivity contribution in [2.45, 2.75) is 56.9 Å². The van der Waals surface area contributed by atoms with Crippen LogP contribution in [0.5, 0.6) is 0 Å². The van der Waals surface area contributed by atoms with Crippen molar-refractivity contribution in [3.8, 4) is 6.07 Å². The van der Waals surface area contributed by atoms with Gasteiger partial charge in [0.25, 0.3) is 0 Å². The first-order chi connectivity index (χ1) is 13.1. The van der Waals surface area contributed by atoms with E-state index in [-0.39, 0.29) is 24.3 Å². The SMILES string of the molecule is C=C(C)N(C)C(C)(CC#N)S(=O)(=O)N[C@H]1CC[C@H](C(=O)N2CCOCC2)CC1. The summed E-state index contributed by atoms with van der Waals surface area (Å²) >= 11 is 0. The Bertz CT molecular complexity index is 719. The topological polar surface area (TPSA) is 103 Å². The van der Waals surface area contributed by atoms with Gasteiger partial charge in [0.2, 0.25) is 15.9 Å². The van der Waals surface area contributed by atoms with Gasteiger partial charge in [-0.25, -0.2) is 13.1 Å². The third-order valence-corrected chi connectivity index (χ3v) is 8.21. The van der Waals surface area contributed by atoms with Crippen LogP contribution in [-0.2, 0) is 19.6 Å². The van der Waals surface area contributed by atoms with E-state index in [1.54, 1.807) is 20.9 Å². The minimum Gasteiger partial charge on any atom is -0.378 e. The lowest BCUT2D eigenvalue weighted by atomic mass is 9.85. The Kier molecular flexibility index (Phi) is 7.48. The molecule has 1 aliphatic heterocycles. The molecule has 0 aromatic heterocycles. The number of carbonyl (C=O) groups is 1. The molecule has 0 spiro atoms. The average Bonchev–Trinajstić information content (AvgIpc) is 2.67. The van der Waals surface area contributed by atoms with Crippen molar-refractivity contribution in [1.29, 1.82) is 5.26 Å². The number of hydrogen-bond donors (Lipinski definition) is 1. The molecule has 8 nitrogen and oxygen atoms in total. The highest BCUT2D eigenvalue weighted by atomic mass is 32.2. The Hall–Kier alpha value is -1.63. The van der Waals surface area contributed by atoms with Gasteiger partial charge in [-0.1, -0.05) is 6.58 Å². The summed E-state index contributed by atoms with van der Waals surface area (Å²) < 4.78 is 34.3. The summed E-state index contributed by atoms with van der Waals surface area (Å²) in [5.41, 5.74) is 0.572. The maximum atomic E-state index is 13.1. The highest BCUT2D eigenvalue weighted by Crippen LogP contribution is 2.31. The highest BCUT2D eigenvalue weighted by Gasteiger charge is 2.44. The predicted molar refractivity (Wildman–Crippen MR) is 106 cm³/mol. The van der Waals surface area contributed by atoms with E-state index in [1.807, 2.05) is 11.0 Å². The van der Waals surface area contributed by atoms with Gasteiger partial charge < -0.3 is 14.5 Å². The van der Waals surface area contributed by atoms with E-state index in [0.717, 1.165) is 0 Å². The molecule has 1 unspecified atom stereocenters. The van der Waals surface area contributed by atoms with Crippen LogP contribution in [0.4, 0.5) is 0 Å². The summed E-state index contributed by atoms with van der Waals surface area (Å²) in [6.07, 6.45) is 2.37. The van der Waals surface area contributed by atoms with Gasteiger partial charge >= 0.3 is 0 Å². The van der Waals surface area contributed by atoms with Crippen LogP contribution < -0.4 is 4.72 Å². The van der Waals surface area contributed by atoms with Crippen LogP contribution in [0.3, 0.4) is 0 Å². The van der Waals surface area contributed by atoms with Crippen LogP contribution in [0.2, 0.25) is 0 Å². The largest absolute Gasteiger partial charge is 0.378 e. The zero-order valence-corrected chi connectivity index (χ0v) is 17.9. The van der Waals surface area contributed by atoms with Crippen LogP contribution in [-0.4, -0.2) is 68.4 Å². The minimum absolute atomic E-state index is 0.0533. The third-order valence-electron chi connectivity index (χ3n) is 5.99. The summed E-state index contributed by atoms with van der Waals surface area (Å²) in [7, 11) is -2.17. The molecular weight excluding hydrogens is 380 g/mol. The molecule has 2 rings (SSSR count). The van der Waals surface area contributed by atoms with Crippen molar-refractivity contribution >= 4 is 15.9 Å². The monoisotopic (exact) mass is 412 g/mol. The smallest absolute Gasteiger partial charge is 0.236 e. The van der Waals surface area contributed by atoms with Crippen LogP contribution in [0.15, 0.2) is 12.3 Å². The molecule has 1 amide bonds. The van der Waals surface area contributed by atoms with Gasteiger partial charge in [0.1, 0.15) is 0 Å². The Balaban J connectivity index is 1.99. The number of hydrogen-bond acceptors (Lipinski definition) is 6. The maximum absolute atomic E-state index is 13.1. The van der Waals surface area contributed by atoms with Crippen LogP contribution in [0, 0.1) is 17.2 Å². The molecule has 1 N–H and O–H groups in total. The van der Waals surface area contributed by atoms with Crippen molar-refractivity contribution in [2.24, 2.45) is 5.92 Å². The molecule has 0 bridgehead atoms. The zero-order chi connectivity index (χ0) is 20.9. The van der Waals surface area contributed by atoms with E-state index >= 15 is 0 Å². The number of sulfonamides is 1. The van der Waals surface area contributed by atoms with Crippen molar-refractivity contribution in [3.63, 3.8) is 0 Å². The summed E-state index contributed by atoms with van der Waals surface area (Å²) in [5.74, 6) is 0.100. The van der Waals surface area contributed by atoms with Gasteiger partial charge in [-0.05, 0) is 39.5 Å². The molecule has 0 aromatic rings. The molecule has 28 heavy (non-hydrogen) atoms. The van der Waals surface area contributed by atoms with Crippen molar-refractivity contribution in [3.05, 3.63) is 12.3 Å². The molecule has 9 heteroatoms. The quantitative estimate of drug-likeness (QED) is 0.678. The van der Waals surface area contributed by atoms with E-state index in [9.17, 15) is 18.5 Å². The number of allylic oxidation sites excluding steroid dienone is 1. The van der Waals surface area contributed by atoms with Crippen molar-refractivity contribution < 1.29 is 17.9 Å². The molecule has 2 fully saturated rings. The predicted octanol–water partition coefficient (Wildman–Crippen LogP) is 1.42. The molecule has 1 saturated heterocycles. The first kappa shape index (κ1) is 22.7. The fourth-order valence-electron chi connectivity index (χ4n) is 3.79. The summed E-state index contributed by atoms with van der Waals surface area (Å²) in [5, 5.41) is 9.17. The average molecular weight is 413 g/mol. The van der Waals surface area contributed by atoms with Gasteiger partial charge in [0.15, 0.2) is 4.87 Å². The number of morpholine rings is 1. The number of amides is 1. The summed E-state index contributed by atoms with van der Waals surface area (Å²) in [4.78, 5) is 14.6. The highest BCUT2D eigenvalue weighted by molar-refractivity contribution is 7.90. The summed E-state index contributed by atoms with van der Waals surface area (Å²) in [6.45, 7) is 9.49. The summed E-state index contributed by atoms with van der Waals surface area (Å²) in [6, 6.07) is 1.76. The molecule has 158 valence electrons. The van der Waals surface area contributed by atoms with E-state index in [1.165, 1.54) is 4.90 Å². The standard InChI is InChI=1S/C19H32N4O4S/c1-15(2)22(4)19(3,9-10-20)28(25,26)21-17-7-5-16(6-8-17)18(24)23-11-13-27-14-12-23/h16-17,21H,1,5-9,11-14H2,2-4H3/t16-,17-,19?. The maximum Gasteiger partial charge on any atom is 0.236 e. The molecule has 2 aliphatic rings. The van der Waals surface area contributed by atoms with Gasteiger partial charge in [-0.2, -0.15) is 5.26 Å². The van der Waals surface area contributed by atoms with Gasteiger partial charge in [-0.15, -0.1) is 0 Å². The second kappa shape index (κ2) is 9.25. The lowest BCUT2D eigenvalue weighted by Gasteiger charge is -2.40. The molecule has 1 atom stereocenters. The fraction of sp³-hybridized carbons (Fsp3) is 0.789. The van der Waals surface area contributed by atoms with Crippen LogP contribution >= 0.6 is 0 Å². The molecule has 1 saturated carbocycles. The fourth-order valence-corrected chi connectivity index (χ4v) is 5.49. The van der Waals surface area contributed by atoms with E-state index in [4.69, 9.17) is 4.74 Å². The second-order valence-corrected chi connectivity index (χ2v) is 10.0. The van der Waals surface area contributed by atoms with E-state index < -0.39 is 14.9 Å². The van der Waals surface area contributed by atoms with Gasteiger partial charge in [-0.3, -0.25) is 4.79 Å². The molecular formula is C19H32N4O4S. The minimum atomic E-state index is -3.81. The van der Waals surface area contributed by atoms with Crippen LogP contribution in [0.25, 0.3) is 0 Å².